The predicted octanol–water partition coefficient (Wildman–Crippen LogP) is 3.09. The Labute approximate surface area is 133 Å². The van der Waals surface area contributed by atoms with Crippen LogP contribution in [0.2, 0.25) is 0 Å². The van der Waals surface area contributed by atoms with E-state index in [-0.39, 0.29) is 11.8 Å². The van der Waals surface area contributed by atoms with E-state index in [1.807, 2.05) is 0 Å². The first-order valence-corrected chi connectivity index (χ1v) is 7.83. The van der Waals surface area contributed by atoms with Gasteiger partial charge in [-0.05, 0) is 58.0 Å². The van der Waals surface area contributed by atoms with Crippen LogP contribution in [0.3, 0.4) is 0 Å². The summed E-state index contributed by atoms with van der Waals surface area (Å²) in [6, 6.07) is 6.67. The van der Waals surface area contributed by atoms with Gasteiger partial charge < -0.3 is 15.1 Å². The van der Waals surface area contributed by atoms with Crippen LogP contribution >= 0.6 is 0 Å². The third-order valence-corrected chi connectivity index (χ3v) is 3.78. The molecule has 0 aliphatic rings. The molecule has 0 bridgehead atoms. The molecule has 5 heteroatoms. The molecule has 0 spiro atoms. The molecule has 0 aromatic heterocycles. The van der Waals surface area contributed by atoms with Gasteiger partial charge in [-0.3, -0.25) is 0 Å². The normalized spacial score (nSPS) is 11.0. The lowest BCUT2D eigenvalue weighted by molar-refractivity contribution is 0.206. The van der Waals surface area contributed by atoms with Crippen molar-refractivity contribution in [3.8, 4) is 0 Å². The van der Waals surface area contributed by atoms with Crippen molar-refractivity contribution in [3.05, 3.63) is 35.6 Å². The number of carbonyl (C=O) groups excluding carboxylic acids is 1. The molecule has 0 atom stereocenters. The van der Waals surface area contributed by atoms with Crippen LogP contribution in [-0.2, 0) is 6.54 Å². The number of urea groups is 1. The molecule has 0 unspecified atom stereocenters. The molecule has 0 radical (unpaired) electrons. The molecule has 0 heterocycles. The van der Waals surface area contributed by atoms with Crippen molar-refractivity contribution in [2.75, 3.05) is 27.2 Å². The lowest BCUT2D eigenvalue weighted by Gasteiger charge is -2.21. The number of benzene rings is 1. The topological polar surface area (TPSA) is 35.6 Å². The summed E-state index contributed by atoms with van der Waals surface area (Å²) in [6.45, 7) is 6.54. The second-order valence-corrected chi connectivity index (χ2v) is 6.00. The van der Waals surface area contributed by atoms with E-state index >= 15 is 0 Å². The molecule has 4 nitrogen and oxygen atoms in total. The van der Waals surface area contributed by atoms with Crippen molar-refractivity contribution in [3.63, 3.8) is 0 Å². The second kappa shape index (κ2) is 9.41. The van der Waals surface area contributed by atoms with Gasteiger partial charge in [0.15, 0.2) is 0 Å². The average molecular weight is 309 g/mol. The summed E-state index contributed by atoms with van der Waals surface area (Å²) in [7, 11) is 3.85. The number of hydrogen-bond donors (Lipinski definition) is 1. The van der Waals surface area contributed by atoms with Gasteiger partial charge in [0.25, 0.3) is 0 Å². The Morgan fingerprint density at radius 2 is 1.82 bits per heavy atom. The molecular formula is C17H28FN3O. The first-order valence-electron chi connectivity index (χ1n) is 7.83. The molecule has 124 valence electrons. The van der Waals surface area contributed by atoms with Gasteiger partial charge in [0, 0.05) is 26.2 Å². The Kier molecular flexibility index (Phi) is 7.88. The maximum absolute atomic E-state index is 12.8. The van der Waals surface area contributed by atoms with Crippen molar-refractivity contribution >= 4 is 6.03 Å². The fourth-order valence-corrected chi connectivity index (χ4v) is 2.01. The minimum atomic E-state index is -0.262. The van der Waals surface area contributed by atoms with Crippen molar-refractivity contribution < 1.29 is 9.18 Å². The molecular weight excluding hydrogens is 281 g/mol. The van der Waals surface area contributed by atoms with Gasteiger partial charge in [-0.15, -0.1) is 0 Å². The summed E-state index contributed by atoms with van der Waals surface area (Å²) in [5, 5.41) is 2.91. The van der Waals surface area contributed by atoms with Gasteiger partial charge >= 0.3 is 6.03 Å². The van der Waals surface area contributed by atoms with Crippen LogP contribution < -0.4 is 5.32 Å². The van der Waals surface area contributed by atoms with Crippen molar-refractivity contribution in [2.24, 2.45) is 0 Å². The zero-order valence-electron chi connectivity index (χ0n) is 14.1. The molecule has 1 rings (SSSR count). The average Bonchev–Trinajstić information content (AvgIpc) is 2.48. The van der Waals surface area contributed by atoms with Crippen LogP contribution in [-0.4, -0.2) is 49.1 Å². The molecule has 0 saturated heterocycles. The Hall–Kier alpha value is -1.62. The molecule has 0 aliphatic heterocycles. The molecule has 22 heavy (non-hydrogen) atoms. The van der Waals surface area contributed by atoms with Gasteiger partial charge in [-0.25, -0.2) is 9.18 Å². The molecule has 1 N–H and O–H groups in total. The van der Waals surface area contributed by atoms with Crippen LogP contribution in [0.4, 0.5) is 9.18 Å². The number of nitrogens with zero attached hydrogens (tertiary/aromatic N) is 2. The van der Waals surface area contributed by atoms with Gasteiger partial charge in [-0.2, -0.15) is 0 Å². The fourth-order valence-electron chi connectivity index (χ4n) is 2.01. The van der Waals surface area contributed by atoms with Crippen LogP contribution in [0.1, 0.15) is 32.3 Å². The Balaban J connectivity index is 2.20. The summed E-state index contributed by atoms with van der Waals surface area (Å²) >= 11 is 0. The van der Waals surface area contributed by atoms with E-state index in [0.29, 0.717) is 19.1 Å². The second-order valence-electron chi connectivity index (χ2n) is 6.00. The van der Waals surface area contributed by atoms with Crippen LogP contribution in [0.15, 0.2) is 24.3 Å². The SMILES string of the molecule is CC(C)N(C)CCCCNC(=O)N(C)Cc1ccc(F)cc1. The van der Waals surface area contributed by atoms with Crippen LogP contribution in [0, 0.1) is 5.82 Å². The quantitative estimate of drug-likeness (QED) is 0.749. The third-order valence-electron chi connectivity index (χ3n) is 3.78. The lowest BCUT2D eigenvalue weighted by Crippen LogP contribution is -2.37. The highest BCUT2D eigenvalue weighted by Crippen LogP contribution is 2.05. The van der Waals surface area contributed by atoms with Crippen LogP contribution in [0.5, 0.6) is 0 Å². The van der Waals surface area contributed by atoms with E-state index in [1.54, 1.807) is 24.1 Å². The maximum atomic E-state index is 12.8. The third kappa shape index (κ3) is 6.89. The number of nitrogens with one attached hydrogen (secondary N) is 1. The predicted molar refractivity (Wildman–Crippen MR) is 88.3 cm³/mol. The van der Waals surface area contributed by atoms with Gasteiger partial charge in [0.1, 0.15) is 5.82 Å². The van der Waals surface area contributed by atoms with E-state index in [9.17, 15) is 9.18 Å². The largest absolute Gasteiger partial charge is 0.338 e. The van der Waals surface area contributed by atoms with E-state index in [2.05, 4.69) is 31.1 Å². The van der Waals surface area contributed by atoms with Gasteiger partial charge in [-0.1, -0.05) is 12.1 Å². The van der Waals surface area contributed by atoms with E-state index in [0.717, 1.165) is 24.9 Å². The summed E-state index contributed by atoms with van der Waals surface area (Å²) in [5.74, 6) is -0.262. The molecule has 0 fully saturated rings. The van der Waals surface area contributed by atoms with E-state index in [4.69, 9.17) is 0 Å². The molecule has 2 amide bonds. The number of hydrogen-bond acceptors (Lipinski definition) is 2. The Morgan fingerprint density at radius 3 is 2.41 bits per heavy atom. The number of unbranched alkanes of at least 4 members (excludes halogenated alkanes) is 1. The molecule has 0 aliphatic carbocycles. The molecule has 1 aromatic carbocycles. The van der Waals surface area contributed by atoms with Gasteiger partial charge in [0.2, 0.25) is 0 Å². The number of rotatable bonds is 8. The minimum Gasteiger partial charge on any atom is -0.338 e. The lowest BCUT2D eigenvalue weighted by atomic mass is 10.2. The Morgan fingerprint density at radius 1 is 1.18 bits per heavy atom. The monoisotopic (exact) mass is 309 g/mol. The summed E-state index contributed by atoms with van der Waals surface area (Å²) in [6.07, 6.45) is 2.03. The first-order chi connectivity index (χ1) is 10.4. The number of amides is 2. The number of carbonyl (C=O) groups is 1. The molecule has 0 saturated carbocycles. The smallest absolute Gasteiger partial charge is 0.317 e. The fraction of sp³-hybridized carbons (Fsp3) is 0.588. The summed E-state index contributed by atoms with van der Waals surface area (Å²) in [4.78, 5) is 15.8. The van der Waals surface area contributed by atoms with Crippen molar-refractivity contribution in [2.45, 2.75) is 39.3 Å². The summed E-state index contributed by atoms with van der Waals surface area (Å²) in [5.41, 5.74) is 0.914. The molecule has 1 aromatic rings. The number of halogens is 1. The maximum Gasteiger partial charge on any atom is 0.317 e. The zero-order valence-corrected chi connectivity index (χ0v) is 14.1. The summed E-state index contributed by atoms with van der Waals surface area (Å²) < 4.78 is 12.8. The van der Waals surface area contributed by atoms with Crippen molar-refractivity contribution in [1.82, 2.24) is 15.1 Å². The van der Waals surface area contributed by atoms with Crippen molar-refractivity contribution in [1.29, 1.82) is 0 Å². The highest BCUT2D eigenvalue weighted by atomic mass is 19.1. The van der Waals surface area contributed by atoms with E-state index < -0.39 is 0 Å². The standard InChI is InChI=1S/C17H28FN3O/c1-14(2)20(3)12-6-5-11-19-17(22)21(4)13-15-7-9-16(18)10-8-15/h7-10,14H,5-6,11-13H2,1-4H3,(H,19,22). The zero-order chi connectivity index (χ0) is 16.5. The first kappa shape index (κ1) is 18.4. The highest BCUT2D eigenvalue weighted by Gasteiger charge is 2.08. The van der Waals surface area contributed by atoms with Crippen LogP contribution in [0.25, 0.3) is 0 Å². The van der Waals surface area contributed by atoms with E-state index in [1.165, 1.54) is 12.1 Å². The highest BCUT2D eigenvalue weighted by molar-refractivity contribution is 5.73. The minimum absolute atomic E-state index is 0.0958. The van der Waals surface area contributed by atoms with Gasteiger partial charge in [0.05, 0.1) is 0 Å². The Bertz CT molecular complexity index is 448.